The predicted molar refractivity (Wildman–Crippen MR) is 106 cm³/mol. The van der Waals surface area contributed by atoms with Crippen molar-refractivity contribution < 1.29 is 4.79 Å². The molecule has 1 amide bonds. The molecule has 1 N–H and O–H groups in total. The topological polar surface area (TPSA) is 32.3 Å². The van der Waals surface area contributed by atoms with Gasteiger partial charge in [0, 0.05) is 25.2 Å². The molecule has 2 saturated carbocycles. The maximum absolute atomic E-state index is 13.1. The van der Waals surface area contributed by atoms with Crippen LogP contribution in [-0.4, -0.2) is 36.0 Å². The molecule has 0 bridgehead atoms. The Morgan fingerprint density at radius 2 is 1.65 bits per heavy atom. The Labute approximate surface area is 158 Å². The number of carbonyl (C=O) groups is 1. The van der Waals surface area contributed by atoms with Crippen LogP contribution in [0.25, 0.3) is 0 Å². The molecule has 1 unspecified atom stereocenters. The van der Waals surface area contributed by atoms with Crippen molar-refractivity contribution in [3.05, 3.63) is 34.9 Å². The number of hydrogen-bond acceptors (Lipinski definition) is 2. The quantitative estimate of drug-likeness (QED) is 0.820. The van der Waals surface area contributed by atoms with Gasteiger partial charge in [-0.2, -0.15) is 0 Å². The standard InChI is InChI=1S/C23H34N2O/c1-17-13-18(2)15-19(14-17)23(10-11-23)22(26)24-20-9-12-25(16-20)21-7-5-3-4-6-8-21/h13-15,20-21H,3-12,16H2,1-2H3,(H,24,26). The lowest BCUT2D eigenvalue weighted by Gasteiger charge is -2.27. The third-order valence-electron chi connectivity index (χ3n) is 6.85. The van der Waals surface area contributed by atoms with Crippen LogP contribution in [0.15, 0.2) is 18.2 Å². The predicted octanol–water partition coefficient (Wildman–Crippen LogP) is 4.25. The molecule has 1 atom stereocenters. The molecule has 3 fully saturated rings. The van der Waals surface area contributed by atoms with Gasteiger partial charge in [0.05, 0.1) is 5.41 Å². The number of aryl methyl sites for hydroxylation is 2. The summed E-state index contributed by atoms with van der Waals surface area (Å²) in [6.45, 7) is 6.48. The molecule has 4 rings (SSSR count). The van der Waals surface area contributed by atoms with Crippen LogP contribution in [0.2, 0.25) is 0 Å². The summed E-state index contributed by atoms with van der Waals surface area (Å²) in [6.07, 6.45) is 11.4. The third-order valence-corrected chi connectivity index (χ3v) is 6.85. The molecular formula is C23H34N2O. The summed E-state index contributed by atoms with van der Waals surface area (Å²) in [5.74, 6) is 0.273. The van der Waals surface area contributed by atoms with Gasteiger partial charge >= 0.3 is 0 Å². The normalized spacial score (nSPS) is 26.5. The lowest BCUT2D eigenvalue weighted by Crippen LogP contribution is -2.44. The van der Waals surface area contributed by atoms with Crippen molar-refractivity contribution in [3.63, 3.8) is 0 Å². The number of benzene rings is 1. The van der Waals surface area contributed by atoms with E-state index in [4.69, 9.17) is 0 Å². The Balaban J connectivity index is 1.38. The van der Waals surface area contributed by atoms with E-state index in [0.29, 0.717) is 6.04 Å². The summed E-state index contributed by atoms with van der Waals surface area (Å²) >= 11 is 0. The number of rotatable bonds is 4. The molecule has 1 aromatic carbocycles. The van der Waals surface area contributed by atoms with Gasteiger partial charge < -0.3 is 5.32 Å². The van der Waals surface area contributed by atoms with Gasteiger partial charge in [-0.3, -0.25) is 9.69 Å². The average molecular weight is 355 g/mol. The number of likely N-dealkylation sites (tertiary alicyclic amines) is 1. The average Bonchev–Trinajstić information content (AvgIpc) is 3.35. The van der Waals surface area contributed by atoms with Crippen LogP contribution in [0.4, 0.5) is 0 Å². The highest BCUT2D eigenvalue weighted by atomic mass is 16.2. The highest BCUT2D eigenvalue weighted by Crippen LogP contribution is 2.49. The first-order chi connectivity index (χ1) is 12.6. The van der Waals surface area contributed by atoms with Crippen molar-refractivity contribution >= 4 is 5.91 Å². The molecule has 1 aliphatic heterocycles. The van der Waals surface area contributed by atoms with E-state index in [2.05, 4.69) is 42.3 Å². The molecule has 0 radical (unpaired) electrons. The zero-order chi connectivity index (χ0) is 18.1. The van der Waals surface area contributed by atoms with Gasteiger partial charge in [-0.25, -0.2) is 0 Å². The molecule has 142 valence electrons. The molecule has 2 aliphatic carbocycles. The second kappa shape index (κ2) is 7.34. The Morgan fingerprint density at radius 1 is 1.00 bits per heavy atom. The van der Waals surface area contributed by atoms with Crippen molar-refractivity contribution in [2.45, 2.75) is 89.1 Å². The van der Waals surface area contributed by atoms with Crippen molar-refractivity contribution in [1.29, 1.82) is 0 Å². The Kier molecular flexibility index (Phi) is 5.09. The Morgan fingerprint density at radius 3 is 2.27 bits per heavy atom. The lowest BCUT2D eigenvalue weighted by atomic mass is 9.91. The van der Waals surface area contributed by atoms with Gasteiger partial charge in [-0.15, -0.1) is 0 Å². The minimum Gasteiger partial charge on any atom is -0.351 e. The van der Waals surface area contributed by atoms with Gasteiger partial charge in [-0.05, 0) is 51.5 Å². The molecule has 1 aromatic rings. The fourth-order valence-corrected chi connectivity index (χ4v) is 5.21. The van der Waals surface area contributed by atoms with Crippen LogP contribution in [0.5, 0.6) is 0 Å². The summed E-state index contributed by atoms with van der Waals surface area (Å²) in [6, 6.07) is 7.72. The molecule has 3 nitrogen and oxygen atoms in total. The fraction of sp³-hybridized carbons (Fsp3) is 0.696. The first kappa shape index (κ1) is 18.0. The first-order valence-electron chi connectivity index (χ1n) is 10.7. The molecule has 3 aliphatic rings. The molecule has 1 heterocycles. The van der Waals surface area contributed by atoms with Gasteiger partial charge in [0.2, 0.25) is 5.91 Å². The van der Waals surface area contributed by atoms with E-state index in [9.17, 15) is 4.79 Å². The monoisotopic (exact) mass is 354 g/mol. The van der Waals surface area contributed by atoms with Gasteiger partial charge in [0.1, 0.15) is 0 Å². The zero-order valence-electron chi connectivity index (χ0n) is 16.5. The molecule has 0 spiro atoms. The molecular weight excluding hydrogens is 320 g/mol. The van der Waals surface area contributed by atoms with E-state index < -0.39 is 0 Å². The number of amides is 1. The van der Waals surface area contributed by atoms with E-state index in [1.165, 1.54) is 55.2 Å². The summed E-state index contributed by atoms with van der Waals surface area (Å²) in [5, 5.41) is 3.42. The fourth-order valence-electron chi connectivity index (χ4n) is 5.21. The summed E-state index contributed by atoms with van der Waals surface area (Å²) in [7, 11) is 0. The van der Waals surface area contributed by atoms with Gasteiger partial charge in [0.25, 0.3) is 0 Å². The van der Waals surface area contributed by atoms with Crippen molar-refractivity contribution in [2.75, 3.05) is 13.1 Å². The minimum atomic E-state index is -0.244. The van der Waals surface area contributed by atoms with Crippen LogP contribution in [0, 0.1) is 13.8 Å². The zero-order valence-corrected chi connectivity index (χ0v) is 16.5. The summed E-state index contributed by atoms with van der Waals surface area (Å²) in [5.41, 5.74) is 3.51. The van der Waals surface area contributed by atoms with Crippen molar-refractivity contribution in [3.8, 4) is 0 Å². The number of carbonyl (C=O) groups excluding carboxylic acids is 1. The van der Waals surface area contributed by atoms with Crippen LogP contribution < -0.4 is 5.32 Å². The van der Waals surface area contributed by atoms with Crippen molar-refractivity contribution in [2.24, 2.45) is 0 Å². The number of hydrogen-bond donors (Lipinski definition) is 1. The van der Waals surface area contributed by atoms with E-state index in [1.807, 2.05) is 0 Å². The smallest absolute Gasteiger partial charge is 0.230 e. The maximum Gasteiger partial charge on any atom is 0.230 e. The van der Waals surface area contributed by atoms with Gasteiger partial charge in [0.15, 0.2) is 0 Å². The van der Waals surface area contributed by atoms with E-state index >= 15 is 0 Å². The highest BCUT2D eigenvalue weighted by molar-refractivity contribution is 5.91. The number of nitrogens with zero attached hydrogens (tertiary/aromatic N) is 1. The Hall–Kier alpha value is -1.35. The largest absolute Gasteiger partial charge is 0.351 e. The molecule has 1 saturated heterocycles. The second-order valence-corrected chi connectivity index (χ2v) is 9.06. The van der Waals surface area contributed by atoms with E-state index in [1.54, 1.807) is 0 Å². The lowest BCUT2D eigenvalue weighted by molar-refractivity contribution is -0.124. The Bertz CT molecular complexity index is 636. The summed E-state index contributed by atoms with van der Waals surface area (Å²) < 4.78 is 0. The van der Waals surface area contributed by atoms with E-state index in [0.717, 1.165) is 38.4 Å². The maximum atomic E-state index is 13.1. The van der Waals surface area contributed by atoms with Gasteiger partial charge in [-0.1, -0.05) is 55.0 Å². The van der Waals surface area contributed by atoms with Crippen LogP contribution in [0.1, 0.15) is 74.5 Å². The van der Waals surface area contributed by atoms with E-state index in [-0.39, 0.29) is 11.3 Å². The molecule has 3 heteroatoms. The van der Waals surface area contributed by atoms with Crippen LogP contribution >= 0.6 is 0 Å². The van der Waals surface area contributed by atoms with Crippen LogP contribution in [-0.2, 0) is 10.2 Å². The minimum absolute atomic E-state index is 0.244. The van der Waals surface area contributed by atoms with Crippen molar-refractivity contribution in [1.82, 2.24) is 10.2 Å². The highest BCUT2D eigenvalue weighted by Gasteiger charge is 2.52. The summed E-state index contributed by atoms with van der Waals surface area (Å²) in [4.78, 5) is 15.8. The van der Waals surface area contributed by atoms with Crippen LogP contribution in [0.3, 0.4) is 0 Å². The molecule has 0 aromatic heterocycles. The third kappa shape index (κ3) is 3.69. The SMILES string of the molecule is Cc1cc(C)cc(C2(C(=O)NC3CCN(C4CCCCCC4)C3)CC2)c1. The second-order valence-electron chi connectivity index (χ2n) is 9.06. The first-order valence-corrected chi connectivity index (χ1v) is 10.7. The number of nitrogens with one attached hydrogen (secondary N) is 1. The molecule has 26 heavy (non-hydrogen) atoms.